The van der Waals surface area contributed by atoms with E-state index in [1.807, 2.05) is 6.92 Å². The van der Waals surface area contributed by atoms with Gasteiger partial charge in [0.1, 0.15) is 18.2 Å². The molecule has 1 rings (SSSR count). The molecule has 1 N–H and O–H groups in total. The minimum absolute atomic E-state index is 0.00295. The molecule has 1 aromatic rings. The first kappa shape index (κ1) is 14.5. The van der Waals surface area contributed by atoms with E-state index < -0.39 is 5.82 Å². The summed E-state index contributed by atoms with van der Waals surface area (Å²) in [5.74, 6) is 5.53. The van der Waals surface area contributed by atoms with Crippen LogP contribution in [-0.2, 0) is 4.74 Å². The molecule has 0 amide bonds. The summed E-state index contributed by atoms with van der Waals surface area (Å²) in [4.78, 5) is 0. The van der Waals surface area contributed by atoms with Crippen molar-refractivity contribution in [2.75, 3.05) is 20.3 Å². The summed E-state index contributed by atoms with van der Waals surface area (Å²) >= 11 is 0. The van der Waals surface area contributed by atoms with Gasteiger partial charge in [-0.25, -0.2) is 4.39 Å². The fraction of sp³-hybridized carbons (Fsp3) is 0.429. The number of aliphatic hydroxyl groups is 1. The molecule has 0 aliphatic rings. The van der Waals surface area contributed by atoms with Gasteiger partial charge in [0, 0.05) is 25.2 Å². The quantitative estimate of drug-likeness (QED) is 0.814. The van der Waals surface area contributed by atoms with E-state index in [0.29, 0.717) is 24.3 Å². The molecule has 0 heterocycles. The monoisotopic (exact) mass is 252 g/mol. The Kier molecular flexibility index (Phi) is 6.20. The summed E-state index contributed by atoms with van der Waals surface area (Å²) in [6.07, 6.45) is 0.310. The largest absolute Gasteiger partial charge is 0.491 e. The molecule has 0 radical (unpaired) electrons. The summed E-state index contributed by atoms with van der Waals surface area (Å²) < 4.78 is 23.8. The second kappa shape index (κ2) is 7.70. The molecule has 0 saturated heterocycles. The minimum Gasteiger partial charge on any atom is -0.491 e. The van der Waals surface area contributed by atoms with Crippen LogP contribution in [0.25, 0.3) is 0 Å². The lowest BCUT2D eigenvalue weighted by Crippen LogP contribution is -2.16. The Morgan fingerprint density at radius 1 is 1.39 bits per heavy atom. The molecule has 1 aromatic carbocycles. The maximum Gasteiger partial charge on any atom is 0.128 e. The predicted octanol–water partition coefficient (Wildman–Crippen LogP) is 1.97. The molecule has 98 valence electrons. The van der Waals surface area contributed by atoms with Crippen molar-refractivity contribution in [3.05, 3.63) is 29.6 Å². The SMILES string of the molecule is COC(C)COc1cc(F)cc(C#CCCO)c1. The van der Waals surface area contributed by atoms with Gasteiger partial charge in [0.2, 0.25) is 0 Å². The fourth-order valence-electron chi connectivity index (χ4n) is 1.22. The Balaban J connectivity index is 2.72. The van der Waals surface area contributed by atoms with E-state index in [2.05, 4.69) is 11.8 Å². The summed E-state index contributed by atoms with van der Waals surface area (Å²) in [6, 6.07) is 4.30. The third-order valence-electron chi connectivity index (χ3n) is 2.23. The molecule has 0 saturated carbocycles. The van der Waals surface area contributed by atoms with E-state index in [1.165, 1.54) is 12.1 Å². The molecule has 18 heavy (non-hydrogen) atoms. The van der Waals surface area contributed by atoms with Crippen LogP contribution in [0.3, 0.4) is 0 Å². The van der Waals surface area contributed by atoms with E-state index in [9.17, 15) is 4.39 Å². The predicted molar refractivity (Wildman–Crippen MR) is 66.9 cm³/mol. The van der Waals surface area contributed by atoms with Crippen molar-refractivity contribution in [2.45, 2.75) is 19.4 Å². The minimum atomic E-state index is -0.397. The molecule has 1 atom stereocenters. The number of methoxy groups -OCH3 is 1. The molecular formula is C14H17FO3. The van der Waals surface area contributed by atoms with Crippen LogP contribution in [0, 0.1) is 17.7 Å². The first-order valence-electron chi connectivity index (χ1n) is 5.71. The van der Waals surface area contributed by atoms with Gasteiger partial charge in [0.25, 0.3) is 0 Å². The second-order valence-electron chi connectivity index (χ2n) is 3.81. The van der Waals surface area contributed by atoms with Crippen LogP contribution in [-0.4, -0.2) is 31.5 Å². The van der Waals surface area contributed by atoms with E-state index >= 15 is 0 Å². The third kappa shape index (κ3) is 5.17. The normalized spacial score (nSPS) is 11.6. The third-order valence-corrected chi connectivity index (χ3v) is 2.23. The van der Waals surface area contributed by atoms with Gasteiger partial charge in [-0.3, -0.25) is 0 Å². The van der Waals surface area contributed by atoms with Gasteiger partial charge in [-0.2, -0.15) is 0 Å². The number of hydrogen-bond donors (Lipinski definition) is 1. The zero-order valence-electron chi connectivity index (χ0n) is 10.6. The lowest BCUT2D eigenvalue weighted by molar-refractivity contribution is 0.0715. The molecule has 0 aromatic heterocycles. The van der Waals surface area contributed by atoms with Crippen LogP contribution in [0.1, 0.15) is 18.9 Å². The van der Waals surface area contributed by atoms with Gasteiger partial charge < -0.3 is 14.6 Å². The molecule has 0 aliphatic carbocycles. The lowest BCUT2D eigenvalue weighted by Gasteiger charge is -2.11. The van der Waals surface area contributed by atoms with E-state index in [-0.39, 0.29) is 12.7 Å². The van der Waals surface area contributed by atoms with Crippen LogP contribution in [0.15, 0.2) is 18.2 Å². The molecule has 0 spiro atoms. The van der Waals surface area contributed by atoms with Crippen molar-refractivity contribution in [3.63, 3.8) is 0 Å². The van der Waals surface area contributed by atoms with Crippen molar-refractivity contribution in [1.29, 1.82) is 0 Å². The first-order valence-corrected chi connectivity index (χ1v) is 5.71. The van der Waals surface area contributed by atoms with Crippen LogP contribution < -0.4 is 4.74 Å². The number of aliphatic hydroxyl groups excluding tert-OH is 1. The Bertz CT molecular complexity index is 434. The Morgan fingerprint density at radius 2 is 2.17 bits per heavy atom. The molecule has 0 aliphatic heterocycles. The van der Waals surface area contributed by atoms with Crippen LogP contribution in [0.5, 0.6) is 5.75 Å². The van der Waals surface area contributed by atoms with Crippen LogP contribution >= 0.6 is 0 Å². The highest BCUT2D eigenvalue weighted by Crippen LogP contribution is 2.16. The van der Waals surface area contributed by atoms with Crippen molar-refractivity contribution < 1.29 is 19.0 Å². The molecular weight excluding hydrogens is 235 g/mol. The first-order chi connectivity index (χ1) is 8.65. The zero-order chi connectivity index (χ0) is 13.4. The Labute approximate surface area is 107 Å². The van der Waals surface area contributed by atoms with Gasteiger partial charge >= 0.3 is 0 Å². The smallest absolute Gasteiger partial charge is 0.128 e. The highest BCUT2D eigenvalue weighted by Gasteiger charge is 2.03. The average molecular weight is 252 g/mol. The maximum atomic E-state index is 13.3. The van der Waals surface area contributed by atoms with E-state index in [1.54, 1.807) is 13.2 Å². The lowest BCUT2D eigenvalue weighted by atomic mass is 10.2. The topological polar surface area (TPSA) is 38.7 Å². The number of benzene rings is 1. The highest BCUT2D eigenvalue weighted by atomic mass is 19.1. The fourth-order valence-corrected chi connectivity index (χ4v) is 1.22. The summed E-state index contributed by atoms with van der Waals surface area (Å²) in [6.45, 7) is 2.21. The molecule has 0 fully saturated rings. The summed E-state index contributed by atoms with van der Waals surface area (Å²) in [7, 11) is 1.59. The number of hydrogen-bond acceptors (Lipinski definition) is 3. The molecule has 1 unspecified atom stereocenters. The van der Waals surface area contributed by atoms with Gasteiger partial charge in [-0.15, -0.1) is 0 Å². The van der Waals surface area contributed by atoms with Crippen molar-refractivity contribution in [1.82, 2.24) is 0 Å². The van der Waals surface area contributed by atoms with E-state index in [4.69, 9.17) is 14.6 Å². The summed E-state index contributed by atoms with van der Waals surface area (Å²) in [5, 5.41) is 8.61. The zero-order valence-corrected chi connectivity index (χ0v) is 10.6. The highest BCUT2D eigenvalue weighted by molar-refractivity contribution is 5.40. The van der Waals surface area contributed by atoms with Crippen molar-refractivity contribution >= 4 is 0 Å². The van der Waals surface area contributed by atoms with Gasteiger partial charge in [0.05, 0.1) is 12.7 Å². The summed E-state index contributed by atoms with van der Waals surface area (Å²) in [5.41, 5.74) is 0.531. The molecule has 0 bridgehead atoms. The van der Waals surface area contributed by atoms with Crippen molar-refractivity contribution in [2.24, 2.45) is 0 Å². The number of halogens is 1. The standard InChI is InChI=1S/C14H17FO3/c1-11(17-2)10-18-14-8-12(5-3-4-6-16)7-13(15)9-14/h7-9,11,16H,4,6,10H2,1-2H3. The van der Waals surface area contributed by atoms with Crippen LogP contribution in [0.4, 0.5) is 4.39 Å². The average Bonchev–Trinajstić information content (AvgIpc) is 2.35. The van der Waals surface area contributed by atoms with Crippen LogP contribution in [0.2, 0.25) is 0 Å². The van der Waals surface area contributed by atoms with Gasteiger partial charge in [-0.1, -0.05) is 11.8 Å². The maximum absolute atomic E-state index is 13.3. The van der Waals surface area contributed by atoms with Gasteiger partial charge in [-0.05, 0) is 19.1 Å². The second-order valence-corrected chi connectivity index (χ2v) is 3.81. The van der Waals surface area contributed by atoms with Crippen molar-refractivity contribution in [3.8, 4) is 17.6 Å². The van der Waals surface area contributed by atoms with Gasteiger partial charge in [0.15, 0.2) is 0 Å². The number of ether oxygens (including phenoxy) is 2. The molecule has 4 heteroatoms. The Hall–Kier alpha value is -1.57. The molecule has 3 nitrogen and oxygen atoms in total. The van der Waals surface area contributed by atoms with E-state index in [0.717, 1.165) is 0 Å². The Morgan fingerprint density at radius 3 is 2.83 bits per heavy atom. The number of rotatable bonds is 5.